The number of nitrogens with zero attached hydrogens (tertiary/aromatic N) is 1. The number of hydrogen-bond donors (Lipinski definition) is 3. The number of aryl methyl sites for hydroxylation is 3. The fourth-order valence-electron chi connectivity index (χ4n) is 2.95. The third kappa shape index (κ3) is 12.2. The third-order valence-electron chi connectivity index (χ3n) is 4.44. The van der Waals surface area contributed by atoms with E-state index in [1.807, 2.05) is 34.1 Å². The Morgan fingerprint density at radius 3 is 2.03 bits per heavy atom. The van der Waals surface area contributed by atoms with Crippen LogP contribution in [0.5, 0.6) is 0 Å². The first-order valence-electron chi connectivity index (χ1n) is 10.4. The lowest BCUT2D eigenvalue weighted by Crippen LogP contribution is -2.49. The van der Waals surface area contributed by atoms with Gasteiger partial charge in [-0.2, -0.15) is 13.2 Å². The maximum atomic E-state index is 12.7. The van der Waals surface area contributed by atoms with E-state index >= 15 is 0 Å². The number of rotatable bonds is 10. The summed E-state index contributed by atoms with van der Waals surface area (Å²) in [5.74, 6) is -3.78. The van der Waals surface area contributed by atoms with Crippen LogP contribution < -0.4 is 4.72 Å². The minimum absolute atomic E-state index is 0.225. The summed E-state index contributed by atoms with van der Waals surface area (Å²) in [4.78, 5) is 21.0. The van der Waals surface area contributed by atoms with Crippen molar-refractivity contribution < 1.29 is 45.9 Å². The van der Waals surface area contributed by atoms with Gasteiger partial charge in [0.25, 0.3) is 10.0 Å². The maximum absolute atomic E-state index is 12.7. The van der Waals surface area contributed by atoms with Crippen LogP contribution in [0.25, 0.3) is 0 Å². The fraction of sp³-hybridized carbons (Fsp3) is 0.455. The normalized spacial score (nSPS) is 13.0. The van der Waals surface area contributed by atoms with Crippen molar-refractivity contribution in [2.75, 3.05) is 27.7 Å². The summed E-state index contributed by atoms with van der Waals surface area (Å²) >= 11 is 1.24. The van der Waals surface area contributed by atoms with Crippen LogP contribution in [0, 0.1) is 6.92 Å². The van der Waals surface area contributed by atoms with E-state index in [1.54, 1.807) is 6.07 Å². The zero-order valence-electron chi connectivity index (χ0n) is 19.8. The molecular weight excluding hydrogens is 509 g/mol. The average Bonchev–Trinajstić information content (AvgIpc) is 3.15. The molecule has 0 saturated carbocycles. The number of alkyl halides is 3. The Hall–Kier alpha value is -2.48. The molecule has 0 aliphatic carbocycles. The van der Waals surface area contributed by atoms with Crippen LogP contribution in [-0.2, 0) is 32.5 Å². The molecule has 0 bridgehead atoms. The molecule has 1 heterocycles. The second-order valence-electron chi connectivity index (χ2n) is 8.90. The van der Waals surface area contributed by atoms with Crippen LogP contribution in [0.1, 0.15) is 22.4 Å². The predicted octanol–water partition coefficient (Wildman–Crippen LogP) is 3.30. The number of nitrogens with one attached hydrogen (secondary N) is 1. The molecule has 0 amide bonds. The van der Waals surface area contributed by atoms with Crippen molar-refractivity contribution in [1.82, 2.24) is 4.72 Å². The monoisotopic (exact) mass is 539 g/mol. The van der Waals surface area contributed by atoms with Crippen molar-refractivity contribution in [1.29, 1.82) is 0 Å². The van der Waals surface area contributed by atoms with Gasteiger partial charge in [-0.1, -0.05) is 29.8 Å². The van der Waals surface area contributed by atoms with Crippen molar-refractivity contribution >= 4 is 33.3 Å². The van der Waals surface area contributed by atoms with Crippen molar-refractivity contribution in [3.63, 3.8) is 0 Å². The first-order chi connectivity index (χ1) is 15.9. The number of carboxylic acids is 2. The summed E-state index contributed by atoms with van der Waals surface area (Å²) in [6.07, 6.45) is -3.72. The molecule has 0 radical (unpaired) electrons. The Morgan fingerprint density at radius 1 is 1.03 bits per heavy atom. The van der Waals surface area contributed by atoms with Gasteiger partial charge in [0.05, 0.1) is 40.2 Å². The molecule has 196 valence electrons. The van der Waals surface area contributed by atoms with Crippen molar-refractivity contribution in [2.24, 2.45) is 0 Å². The highest BCUT2D eigenvalue weighted by atomic mass is 32.2. The lowest BCUT2D eigenvalue weighted by molar-refractivity contribution is -0.871. The lowest BCUT2D eigenvalue weighted by Gasteiger charge is -2.28. The number of quaternary nitrogens is 1. The van der Waals surface area contributed by atoms with Crippen molar-refractivity contribution in [3.8, 4) is 0 Å². The molecule has 8 nitrogen and oxygen atoms in total. The maximum Gasteiger partial charge on any atom is 0.490 e. The molecule has 35 heavy (non-hydrogen) atoms. The quantitative estimate of drug-likeness (QED) is 0.399. The van der Waals surface area contributed by atoms with Gasteiger partial charge in [0, 0.05) is 4.88 Å². The smallest absolute Gasteiger partial charge is 0.481 e. The Labute approximate surface area is 206 Å². The number of likely N-dealkylation sites (N-methyl/N-ethyl adjacent to an activating group) is 1. The number of hydrogen-bond acceptors (Lipinski definition) is 5. The summed E-state index contributed by atoms with van der Waals surface area (Å²) in [5.41, 5.74) is 2.43. The Bertz CT molecular complexity index is 1090. The van der Waals surface area contributed by atoms with Crippen molar-refractivity contribution in [3.05, 3.63) is 52.4 Å². The number of halogens is 3. The topological polar surface area (TPSA) is 121 Å². The first-order valence-corrected chi connectivity index (χ1v) is 12.7. The zero-order chi connectivity index (χ0) is 27.0. The number of carbonyl (C=O) groups is 2. The zero-order valence-corrected chi connectivity index (χ0v) is 21.4. The summed E-state index contributed by atoms with van der Waals surface area (Å²) in [6, 6.07) is 11.1. The molecule has 0 fully saturated rings. The largest absolute Gasteiger partial charge is 0.490 e. The summed E-state index contributed by atoms with van der Waals surface area (Å²) in [6.45, 7) is 2.43. The number of thiophene rings is 1. The molecule has 2 aromatic rings. The van der Waals surface area contributed by atoms with Crippen LogP contribution in [0.4, 0.5) is 13.2 Å². The number of sulfonamides is 1. The molecule has 0 unspecified atom stereocenters. The molecule has 0 saturated heterocycles. The molecule has 2 rings (SSSR count). The summed E-state index contributed by atoms with van der Waals surface area (Å²) in [7, 11) is 1.95. The van der Waals surface area contributed by atoms with Gasteiger partial charge >= 0.3 is 18.1 Å². The minimum Gasteiger partial charge on any atom is -0.481 e. The van der Waals surface area contributed by atoms with Gasteiger partial charge in [-0.3, -0.25) is 4.79 Å². The number of benzene rings is 1. The van der Waals surface area contributed by atoms with Crippen molar-refractivity contribution in [2.45, 2.75) is 42.6 Å². The molecule has 0 aliphatic heterocycles. The van der Waals surface area contributed by atoms with E-state index in [-0.39, 0.29) is 10.6 Å². The molecule has 3 N–H and O–H groups in total. The predicted molar refractivity (Wildman–Crippen MR) is 126 cm³/mol. The third-order valence-corrected chi connectivity index (χ3v) is 7.59. The van der Waals surface area contributed by atoms with Gasteiger partial charge in [0.2, 0.25) is 0 Å². The van der Waals surface area contributed by atoms with Gasteiger partial charge in [-0.05, 0) is 37.5 Å². The molecule has 1 atom stereocenters. The van der Waals surface area contributed by atoms with Crippen LogP contribution in [0.15, 0.2) is 40.6 Å². The van der Waals surface area contributed by atoms with E-state index < -0.39 is 34.2 Å². The highest BCUT2D eigenvalue weighted by molar-refractivity contribution is 7.91. The Kier molecular flexibility index (Phi) is 10.9. The molecule has 1 aromatic carbocycles. The molecule has 13 heteroatoms. The SMILES string of the molecule is Cc1ccc(CCc2ccc(S(=O)(=O)N[C@H](CC(=O)O)C[N+](C)(C)C)s2)cc1.O=C(O)C(F)(F)F. The number of carboxylic acid groups (broad SMARTS) is 2. The minimum atomic E-state index is -5.08. The van der Waals surface area contributed by atoms with E-state index in [9.17, 15) is 26.4 Å². The van der Waals surface area contributed by atoms with E-state index in [2.05, 4.69) is 29.0 Å². The van der Waals surface area contributed by atoms with Gasteiger partial charge in [-0.15, -0.1) is 11.3 Å². The second-order valence-corrected chi connectivity index (χ2v) is 12.0. The number of aliphatic carboxylic acids is 2. The van der Waals surface area contributed by atoms with Gasteiger partial charge in [0.15, 0.2) is 0 Å². The summed E-state index contributed by atoms with van der Waals surface area (Å²) in [5, 5.41) is 16.2. The van der Waals surface area contributed by atoms with Crippen LogP contribution in [-0.4, -0.2) is 75.0 Å². The highest BCUT2D eigenvalue weighted by Gasteiger charge is 2.38. The van der Waals surface area contributed by atoms with E-state index in [1.165, 1.54) is 22.5 Å². The van der Waals surface area contributed by atoms with Crippen LogP contribution in [0.3, 0.4) is 0 Å². The molecule has 1 aromatic heterocycles. The Balaban J connectivity index is 0.000000762. The highest BCUT2D eigenvalue weighted by Crippen LogP contribution is 2.24. The standard InChI is InChI=1S/C20H28N2O4S2.C2HF3O2/c1-15-5-7-16(8-6-15)9-10-18-11-12-20(27-18)28(25,26)21-17(13-19(23)24)14-22(2,3)4;3-2(4,5)1(6)7/h5-8,11-12,17,21H,9-10,13-14H2,1-4H3;(H,6,7)/p+1/t17-;/m1./s1. The average molecular weight is 540 g/mol. The second kappa shape index (κ2) is 12.5. The first kappa shape index (κ1) is 30.6. The Morgan fingerprint density at radius 2 is 1.57 bits per heavy atom. The molecular formula is C22H30F3N2O6S2+. The molecule has 0 aliphatic rings. The van der Waals surface area contributed by atoms with Crippen LogP contribution >= 0.6 is 11.3 Å². The van der Waals surface area contributed by atoms with E-state index in [0.29, 0.717) is 11.0 Å². The lowest BCUT2D eigenvalue weighted by atomic mass is 10.1. The van der Waals surface area contributed by atoms with Gasteiger partial charge in [-0.25, -0.2) is 17.9 Å². The van der Waals surface area contributed by atoms with Gasteiger partial charge < -0.3 is 14.7 Å². The van der Waals surface area contributed by atoms with Crippen LogP contribution in [0.2, 0.25) is 0 Å². The fourth-order valence-corrected chi connectivity index (χ4v) is 5.55. The van der Waals surface area contributed by atoms with Gasteiger partial charge in [0.1, 0.15) is 4.21 Å². The van der Waals surface area contributed by atoms with E-state index in [4.69, 9.17) is 15.0 Å². The molecule has 0 spiro atoms. The summed E-state index contributed by atoms with van der Waals surface area (Å²) < 4.78 is 60.5. The van der Waals surface area contributed by atoms with E-state index in [0.717, 1.165) is 17.7 Å².